The monoisotopic (exact) mass is 903 g/mol. The zero-order chi connectivity index (χ0) is 48.4. The van der Waals surface area contributed by atoms with Gasteiger partial charge in [0.1, 0.15) is 0 Å². The molecule has 1 aliphatic carbocycles. The average molecular weight is 904 g/mol. The van der Waals surface area contributed by atoms with Crippen molar-refractivity contribution in [3.05, 3.63) is 247 Å². The van der Waals surface area contributed by atoms with Crippen molar-refractivity contribution in [3.63, 3.8) is 0 Å². The molecular formula is C69H61N. The van der Waals surface area contributed by atoms with Gasteiger partial charge in [0.25, 0.3) is 0 Å². The number of hydrogen-bond donors (Lipinski definition) is 0. The van der Waals surface area contributed by atoms with Crippen molar-refractivity contribution >= 4 is 27.8 Å². The first-order valence-corrected chi connectivity index (χ1v) is 24.9. The smallest absolute Gasteiger partial charge is 0.0543 e. The van der Waals surface area contributed by atoms with Gasteiger partial charge in [-0.05, 0) is 130 Å². The van der Waals surface area contributed by atoms with E-state index in [4.69, 9.17) is 0 Å². The number of para-hydroxylation sites is 1. The normalized spacial score (nSPS) is 13.0. The number of hydrogen-bond acceptors (Lipinski definition) is 1. The lowest BCUT2D eigenvalue weighted by Gasteiger charge is -2.31. The summed E-state index contributed by atoms with van der Waals surface area (Å²) in [6, 6.07) is 83.7. The van der Waals surface area contributed by atoms with Crippen molar-refractivity contribution in [1.82, 2.24) is 0 Å². The van der Waals surface area contributed by atoms with Crippen LogP contribution in [-0.4, -0.2) is 0 Å². The summed E-state index contributed by atoms with van der Waals surface area (Å²) in [7, 11) is 0. The molecule has 0 N–H and O–H groups in total. The molecule has 10 aromatic carbocycles. The summed E-state index contributed by atoms with van der Waals surface area (Å²) in [6.07, 6.45) is 0. The van der Waals surface area contributed by atoms with Gasteiger partial charge in [0.2, 0.25) is 0 Å². The van der Waals surface area contributed by atoms with Crippen molar-refractivity contribution in [2.45, 2.75) is 71.6 Å². The fourth-order valence-corrected chi connectivity index (χ4v) is 10.9. The van der Waals surface area contributed by atoms with E-state index in [1.807, 2.05) is 0 Å². The summed E-state index contributed by atoms with van der Waals surface area (Å²) in [5.74, 6) is 0. The topological polar surface area (TPSA) is 3.24 Å². The summed E-state index contributed by atoms with van der Waals surface area (Å²) < 4.78 is 0. The van der Waals surface area contributed by atoms with Crippen LogP contribution in [0.2, 0.25) is 0 Å². The van der Waals surface area contributed by atoms with Crippen molar-refractivity contribution in [2.24, 2.45) is 0 Å². The van der Waals surface area contributed by atoms with Crippen molar-refractivity contribution in [2.75, 3.05) is 4.90 Å². The molecule has 11 rings (SSSR count). The van der Waals surface area contributed by atoms with Crippen LogP contribution in [0.3, 0.4) is 0 Å². The van der Waals surface area contributed by atoms with E-state index in [1.165, 1.54) is 105 Å². The molecule has 0 unspecified atom stereocenters. The Bertz CT molecular complexity index is 3520. The van der Waals surface area contributed by atoms with Crippen molar-refractivity contribution in [3.8, 4) is 66.8 Å². The minimum atomic E-state index is -0.155. The lowest BCUT2D eigenvalue weighted by atomic mass is 9.78. The third-order valence-corrected chi connectivity index (χ3v) is 14.8. The van der Waals surface area contributed by atoms with Crippen LogP contribution in [0.15, 0.2) is 224 Å². The minimum Gasteiger partial charge on any atom is -0.309 e. The Labute approximate surface area is 415 Å². The standard InChI is InChI=1S/C69H61N/c1-67(2,3)52-42-51(43-53(45-52)68(4,5)6)56-30-19-26-49-27-20-31-58(65(49)56)57-28-16-18-34-63(57)70(64-35-21-33-62-66(64)59-29-15-17-32-61(59)69(62,7)8)54-39-36-46(37-40-54)50-38-41-55(47-22-11-9-12-23-47)60(44-50)48-24-13-10-14-25-48/h9-45H,1-8H3. The quantitative estimate of drug-likeness (QED) is 0.147. The zero-order valence-electron chi connectivity index (χ0n) is 41.8. The second-order valence-corrected chi connectivity index (χ2v) is 21.8. The van der Waals surface area contributed by atoms with Gasteiger partial charge in [0, 0.05) is 22.2 Å². The van der Waals surface area contributed by atoms with Gasteiger partial charge in [-0.3, -0.25) is 0 Å². The Hall–Kier alpha value is -7.74. The molecule has 0 heterocycles. The molecule has 70 heavy (non-hydrogen) atoms. The molecule has 1 heteroatoms. The molecule has 0 aromatic heterocycles. The van der Waals surface area contributed by atoms with Crippen LogP contribution >= 0.6 is 0 Å². The third-order valence-electron chi connectivity index (χ3n) is 14.8. The molecule has 0 radical (unpaired) electrons. The lowest BCUT2D eigenvalue weighted by molar-refractivity contribution is 0.569. The fraction of sp³-hybridized carbons (Fsp3) is 0.159. The van der Waals surface area contributed by atoms with Gasteiger partial charge >= 0.3 is 0 Å². The molecule has 0 atom stereocenters. The number of fused-ring (bicyclic) bond motifs is 4. The first-order chi connectivity index (χ1) is 33.8. The van der Waals surface area contributed by atoms with Crippen LogP contribution in [0.4, 0.5) is 17.1 Å². The van der Waals surface area contributed by atoms with E-state index in [0.29, 0.717) is 0 Å². The second kappa shape index (κ2) is 17.3. The minimum absolute atomic E-state index is 0.00893. The molecule has 0 bridgehead atoms. The largest absolute Gasteiger partial charge is 0.309 e. The van der Waals surface area contributed by atoms with Gasteiger partial charge in [-0.1, -0.05) is 250 Å². The molecule has 342 valence electrons. The molecule has 0 spiro atoms. The highest BCUT2D eigenvalue weighted by Crippen LogP contribution is 2.55. The van der Waals surface area contributed by atoms with E-state index < -0.39 is 0 Å². The predicted octanol–water partition coefficient (Wildman–Crippen LogP) is 19.5. The molecule has 0 saturated heterocycles. The summed E-state index contributed by atoms with van der Waals surface area (Å²) in [5.41, 5.74) is 23.3. The number of anilines is 3. The van der Waals surface area contributed by atoms with Crippen LogP contribution in [0.25, 0.3) is 77.5 Å². The Morgan fingerprint density at radius 1 is 0.329 bits per heavy atom. The highest BCUT2D eigenvalue weighted by molar-refractivity contribution is 6.09. The Morgan fingerprint density at radius 3 is 1.50 bits per heavy atom. The van der Waals surface area contributed by atoms with Gasteiger partial charge in [0.05, 0.1) is 11.4 Å². The summed E-state index contributed by atoms with van der Waals surface area (Å²) in [5, 5.41) is 2.49. The maximum atomic E-state index is 2.53. The SMILES string of the molecule is CC(C)(C)c1cc(-c2cccc3cccc(-c4ccccc4N(c4ccc(-c5ccc(-c6ccccc6)c(-c6ccccc6)c5)cc4)c4cccc5c4-c4ccccc4C5(C)C)c23)cc(C(C)(C)C)c1. The van der Waals surface area contributed by atoms with E-state index in [2.05, 4.69) is 285 Å². The molecule has 0 aliphatic heterocycles. The Kier molecular flexibility index (Phi) is 11.1. The molecule has 1 aliphatic rings. The van der Waals surface area contributed by atoms with E-state index in [-0.39, 0.29) is 16.2 Å². The molecule has 0 saturated carbocycles. The molecule has 0 amide bonds. The van der Waals surface area contributed by atoms with E-state index in [9.17, 15) is 0 Å². The summed E-state index contributed by atoms with van der Waals surface area (Å²) in [6.45, 7) is 18.7. The van der Waals surface area contributed by atoms with E-state index >= 15 is 0 Å². The second-order valence-electron chi connectivity index (χ2n) is 21.8. The highest BCUT2D eigenvalue weighted by atomic mass is 15.1. The first kappa shape index (κ1) is 44.7. The third kappa shape index (κ3) is 7.94. The van der Waals surface area contributed by atoms with Crippen LogP contribution in [0, 0.1) is 0 Å². The Balaban J connectivity index is 1.12. The van der Waals surface area contributed by atoms with Crippen LogP contribution in [-0.2, 0) is 16.2 Å². The average Bonchev–Trinajstić information content (AvgIpc) is 3.62. The summed E-state index contributed by atoms with van der Waals surface area (Å²) >= 11 is 0. The number of rotatable bonds is 8. The maximum Gasteiger partial charge on any atom is 0.0543 e. The van der Waals surface area contributed by atoms with E-state index in [0.717, 1.165) is 11.4 Å². The Morgan fingerprint density at radius 2 is 0.843 bits per heavy atom. The molecule has 0 fully saturated rings. The van der Waals surface area contributed by atoms with Gasteiger partial charge in [0.15, 0.2) is 0 Å². The van der Waals surface area contributed by atoms with Crippen molar-refractivity contribution < 1.29 is 0 Å². The first-order valence-electron chi connectivity index (χ1n) is 24.9. The number of nitrogens with zero attached hydrogens (tertiary/aromatic N) is 1. The van der Waals surface area contributed by atoms with E-state index in [1.54, 1.807) is 0 Å². The maximum absolute atomic E-state index is 2.53. The highest BCUT2D eigenvalue weighted by Gasteiger charge is 2.38. The van der Waals surface area contributed by atoms with Crippen LogP contribution in [0.5, 0.6) is 0 Å². The fourth-order valence-electron chi connectivity index (χ4n) is 10.9. The van der Waals surface area contributed by atoms with Gasteiger partial charge < -0.3 is 4.90 Å². The van der Waals surface area contributed by atoms with Crippen molar-refractivity contribution in [1.29, 1.82) is 0 Å². The predicted molar refractivity (Wildman–Crippen MR) is 301 cm³/mol. The van der Waals surface area contributed by atoms with Gasteiger partial charge in [-0.25, -0.2) is 0 Å². The lowest BCUT2D eigenvalue weighted by Crippen LogP contribution is -2.16. The zero-order valence-corrected chi connectivity index (χ0v) is 41.8. The van der Waals surface area contributed by atoms with Gasteiger partial charge in [-0.15, -0.1) is 0 Å². The molecular weight excluding hydrogens is 843 g/mol. The number of benzene rings is 10. The molecule has 1 nitrogen and oxygen atoms in total. The summed E-state index contributed by atoms with van der Waals surface area (Å²) in [4.78, 5) is 2.53. The van der Waals surface area contributed by atoms with Gasteiger partial charge in [-0.2, -0.15) is 0 Å². The van der Waals surface area contributed by atoms with Crippen LogP contribution < -0.4 is 4.90 Å². The molecule has 10 aromatic rings. The van der Waals surface area contributed by atoms with Crippen LogP contribution in [0.1, 0.15) is 77.6 Å².